The van der Waals surface area contributed by atoms with Crippen molar-refractivity contribution < 1.29 is 19.4 Å². The summed E-state index contributed by atoms with van der Waals surface area (Å²) in [6.45, 7) is 0. The topological polar surface area (TPSA) is 55.8 Å². The van der Waals surface area contributed by atoms with Crippen LogP contribution in [0, 0.1) is 0 Å². The molecule has 0 saturated carbocycles. The van der Waals surface area contributed by atoms with Crippen LogP contribution in [-0.4, -0.2) is 25.3 Å². The summed E-state index contributed by atoms with van der Waals surface area (Å²) >= 11 is 0. The highest BCUT2D eigenvalue weighted by Crippen LogP contribution is 2.29. The second-order valence-electron chi connectivity index (χ2n) is 3.99. The quantitative estimate of drug-likeness (QED) is 0.860. The van der Waals surface area contributed by atoms with Crippen molar-refractivity contribution in [1.29, 1.82) is 0 Å². The molecule has 0 aliphatic heterocycles. The molecule has 0 saturated heterocycles. The number of rotatable bonds is 3. The van der Waals surface area contributed by atoms with E-state index in [4.69, 9.17) is 4.74 Å². The van der Waals surface area contributed by atoms with E-state index >= 15 is 0 Å². The molecule has 4 nitrogen and oxygen atoms in total. The maximum absolute atomic E-state index is 11.5. The molecule has 0 bridgehead atoms. The van der Waals surface area contributed by atoms with Crippen molar-refractivity contribution in [3.8, 4) is 22.6 Å². The molecule has 0 atom stereocenters. The lowest BCUT2D eigenvalue weighted by Crippen LogP contribution is -2.00. The average Bonchev–Trinajstić information content (AvgIpc) is 2.45. The molecule has 2 aromatic rings. The van der Waals surface area contributed by atoms with Crippen LogP contribution in [0.3, 0.4) is 0 Å². The molecular formula is C15H14O4. The molecule has 0 heterocycles. The van der Waals surface area contributed by atoms with Crippen LogP contribution in [-0.2, 0) is 4.74 Å². The lowest BCUT2D eigenvalue weighted by atomic mass is 10.0. The van der Waals surface area contributed by atoms with Gasteiger partial charge >= 0.3 is 5.97 Å². The summed E-state index contributed by atoms with van der Waals surface area (Å²) in [6.07, 6.45) is 0. The van der Waals surface area contributed by atoms with E-state index in [1.54, 1.807) is 30.3 Å². The Kier molecular flexibility index (Phi) is 3.71. The third kappa shape index (κ3) is 2.85. The Labute approximate surface area is 111 Å². The Morgan fingerprint density at radius 1 is 1.05 bits per heavy atom. The van der Waals surface area contributed by atoms with Gasteiger partial charge in [0.1, 0.15) is 11.5 Å². The fourth-order valence-electron chi connectivity index (χ4n) is 1.81. The van der Waals surface area contributed by atoms with E-state index in [1.165, 1.54) is 20.3 Å². The van der Waals surface area contributed by atoms with Crippen molar-refractivity contribution in [3.63, 3.8) is 0 Å². The number of esters is 1. The number of ether oxygens (including phenoxy) is 2. The first-order chi connectivity index (χ1) is 9.13. The number of benzene rings is 2. The van der Waals surface area contributed by atoms with Gasteiger partial charge in [-0.25, -0.2) is 4.79 Å². The zero-order valence-corrected chi connectivity index (χ0v) is 10.7. The minimum atomic E-state index is -0.394. The van der Waals surface area contributed by atoms with Gasteiger partial charge < -0.3 is 14.6 Å². The molecule has 0 aliphatic carbocycles. The number of carbonyl (C=O) groups excluding carboxylic acids is 1. The molecule has 0 aliphatic rings. The normalized spacial score (nSPS) is 10.0. The van der Waals surface area contributed by atoms with E-state index < -0.39 is 5.97 Å². The van der Waals surface area contributed by atoms with E-state index in [0.717, 1.165) is 11.1 Å². The third-order valence-corrected chi connectivity index (χ3v) is 2.74. The van der Waals surface area contributed by atoms with Crippen LogP contribution in [0.1, 0.15) is 10.4 Å². The lowest BCUT2D eigenvalue weighted by Gasteiger charge is -2.07. The van der Waals surface area contributed by atoms with Gasteiger partial charge in [-0.05, 0) is 35.4 Å². The van der Waals surface area contributed by atoms with Crippen LogP contribution in [0.15, 0.2) is 42.5 Å². The van der Waals surface area contributed by atoms with Crippen molar-refractivity contribution in [2.75, 3.05) is 14.2 Å². The largest absolute Gasteiger partial charge is 0.508 e. The molecular weight excluding hydrogens is 244 g/mol. The maximum Gasteiger partial charge on any atom is 0.337 e. The van der Waals surface area contributed by atoms with E-state index in [9.17, 15) is 9.90 Å². The van der Waals surface area contributed by atoms with Gasteiger partial charge in [-0.2, -0.15) is 0 Å². The minimum absolute atomic E-state index is 0.109. The average molecular weight is 258 g/mol. The number of methoxy groups -OCH3 is 2. The van der Waals surface area contributed by atoms with Gasteiger partial charge in [-0.1, -0.05) is 12.1 Å². The highest BCUT2D eigenvalue weighted by atomic mass is 16.5. The molecule has 2 aromatic carbocycles. The monoisotopic (exact) mass is 258 g/mol. The number of phenolic OH excluding ortho intramolecular Hbond substituents is 1. The third-order valence-electron chi connectivity index (χ3n) is 2.74. The lowest BCUT2D eigenvalue weighted by molar-refractivity contribution is 0.0601. The van der Waals surface area contributed by atoms with Gasteiger partial charge in [0.05, 0.1) is 19.8 Å². The number of hydrogen-bond acceptors (Lipinski definition) is 4. The first-order valence-electron chi connectivity index (χ1n) is 5.71. The van der Waals surface area contributed by atoms with Crippen LogP contribution >= 0.6 is 0 Å². The molecule has 0 unspecified atom stereocenters. The Morgan fingerprint density at radius 2 is 1.84 bits per heavy atom. The van der Waals surface area contributed by atoms with Crippen LogP contribution in [0.2, 0.25) is 0 Å². The van der Waals surface area contributed by atoms with E-state index in [-0.39, 0.29) is 5.75 Å². The van der Waals surface area contributed by atoms with Crippen molar-refractivity contribution in [1.82, 2.24) is 0 Å². The predicted molar refractivity (Wildman–Crippen MR) is 71.4 cm³/mol. The molecule has 4 heteroatoms. The summed E-state index contributed by atoms with van der Waals surface area (Å²) in [4.78, 5) is 11.5. The molecule has 98 valence electrons. The zero-order chi connectivity index (χ0) is 13.8. The Balaban J connectivity index is 2.47. The smallest absolute Gasteiger partial charge is 0.337 e. The Morgan fingerprint density at radius 3 is 2.53 bits per heavy atom. The van der Waals surface area contributed by atoms with Crippen LogP contribution in [0.4, 0.5) is 0 Å². The maximum atomic E-state index is 11.5. The van der Waals surface area contributed by atoms with Crippen molar-refractivity contribution in [2.45, 2.75) is 0 Å². The highest BCUT2D eigenvalue weighted by Gasteiger charge is 2.08. The van der Waals surface area contributed by atoms with Gasteiger partial charge in [-0.3, -0.25) is 0 Å². The highest BCUT2D eigenvalue weighted by molar-refractivity contribution is 5.91. The summed E-state index contributed by atoms with van der Waals surface area (Å²) in [5, 5.41) is 9.64. The molecule has 19 heavy (non-hydrogen) atoms. The standard InChI is InChI=1S/C15H14O4/c1-18-14-8-12(7-13(16)9-14)10-4-3-5-11(6-10)15(17)19-2/h3-9,16H,1-2H3. The van der Waals surface area contributed by atoms with Gasteiger partial charge in [0.15, 0.2) is 0 Å². The van der Waals surface area contributed by atoms with Gasteiger partial charge in [0.25, 0.3) is 0 Å². The zero-order valence-electron chi connectivity index (χ0n) is 10.7. The molecule has 0 amide bonds. The minimum Gasteiger partial charge on any atom is -0.508 e. The molecule has 0 fully saturated rings. The summed E-state index contributed by atoms with van der Waals surface area (Å²) in [7, 11) is 2.87. The van der Waals surface area contributed by atoms with Gasteiger partial charge in [0, 0.05) is 6.07 Å². The van der Waals surface area contributed by atoms with Crippen LogP contribution in [0.5, 0.6) is 11.5 Å². The van der Waals surface area contributed by atoms with E-state index in [2.05, 4.69) is 4.74 Å². The number of phenols is 1. The Bertz CT molecular complexity index is 605. The van der Waals surface area contributed by atoms with Gasteiger partial charge in [-0.15, -0.1) is 0 Å². The van der Waals surface area contributed by atoms with Gasteiger partial charge in [0.2, 0.25) is 0 Å². The van der Waals surface area contributed by atoms with Crippen molar-refractivity contribution >= 4 is 5.97 Å². The van der Waals surface area contributed by atoms with E-state index in [0.29, 0.717) is 11.3 Å². The first-order valence-corrected chi connectivity index (χ1v) is 5.71. The summed E-state index contributed by atoms with van der Waals surface area (Å²) in [5.74, 6) is 0.269. The summed E-state index contributed by atoms with van der Waals surface area (Å²) < 4.78 is 9.79. The molecule has 0 spiro atoms. The molecule has 0 aromatic heterocycles. The Hall–Kier alpha value is -2.49. The first kappa shape index (κ1) is 13.0. The fraction of sp³-hybridized carbons (Fsp3) is 0.133. The second-order valence-corrected chi connectivity index (χ2v) is 3.99. The molecule has 0 radical (unpaired) electrons. The number of aromatic hydroxyl groups is 1. The van der Waals surface area contributed by atoms with Crippen molar-refractivity contribution in [2.24, 2.45) is 0 Å². The second kappa shape index (κ2) is 5.44. The SMILES string of the molecule is COC(=O)c1cccc(-c2cc(O)cc(OC)c2)c1. The molecule has 2 rings (SSSR count). The predicted octanol–water partition coefficient (Wildman–Crippen LogP) is 2.85. The molecule has 1 N–H and O–H groups in total. The fourth-order valence-corrected chi connectivity index (χ4v) is 1.81. The van der Waals surface area contributed by atoms with Crippen molar-refractivity contribution in [3.05, 3.63) is 48.0 Å². The summed E-state index contributed by atoms with van der Waals surface area (Å²) in [6, 6.07) is 11.9. The van der Waals surface area contributed by atoms with Crippen LogP contribution in [0.25, 0.3) is 11.1 Å². The number of carbonyl (C=O) groups is 1. The number of hydrogen-bond donors (Lipinski definition) is 1. The van der Waals surface area contributed by atoms with E-state index in [1.807, 2.05) is 6.07 Å². The summed E-state index contributed by atoms with van der Waals surface area (Å²) in [5.41, 5.74) is 2.03. The van der Waals surface area contributed by atoms with Crippen LogP contribution < -0.4 is 4.74 Å².